The van der Waals surface area contributed by atoms with Gasteiger partial charge in [-0.25, -0.2) is 4.98 Å². The van der Waals surface area contributed by atoms with E-state index in [1.807, 2.05) is 28.9 Å². The minimum atomic E-state index is 0.0279. The van der Waals surface area contributed by atoms with Crippen LogP contribution in [0.15, 0.2) is 36.7 Å². The maximum Gasteiger partial charge on any atom is 0.223 e. The fourth-order valence-corrected chi connectivity index (χ4v) is 4.33. The number of nitrogens with one attached hydrogen (secondary N) is 1. The number of fused-ring (bicyclic) bond motifs is 1. The van der Waals surface area contributed by atoms with Crippen LogP contribution in [0.3, 0.4) is 0 Å². The first-order valence-corrected chi connectivity index (χ1v) is 9.29. The van der Waals surface area contributed by atoms with E-state index >= 15 is 0 Å². The number of amides is 1. The fourth-order valence-electron chi connectivity index (χ4n) is 4.33. The van der Waals surface area contributed by atoms with Crippen LogP contribution in [0, 0.1) is 0 Å². The molecule has 5 heteroatoms. The van der Waals surface area contributed by atoms with Gasteiger partial charge in [-0.05, 0) is 36.3 Å². The van der Waals surface area contributed by atoms with Crippen molar-refractivity contribution >= 4 is 5.91 Å². The second-order valence-corrected chi connectivity index (χ2v) is 7.20. The van der Waals surface area contributed by atoms with Crippen LogP contribution in [0.25, 0.3) is 0 Å². The monoisotopic (exact) mass is 338 g/mol. The second kappa shape index (κ2) is 7.00. The third-order valence-electron chi connectivity index (χ3n) is 5.63. The summed E-state index contributed by atoms with van der Waals surface area (Å²) >= 11 is 0. The summed E-state index contributed by atoms with van der Waals surface area (Å²) in [6.07, 6.45) is 7.80. The van der Waals surface area contributed by atoms with Crippen molar-refractivity contribution in [2.75, 3.05) is 19.6 Å². The number of carbonyl (C=O) groups is 1. The van der Waals surface area contributed by atoms with Crippen molar-refractivity contribution in [3.05, 3.63) is 53.6 Å². The molecule has 1 saturated heterocycles. The van der Waals surface area contributed by atoms with Crippen LogP contribution in [0.5, 0.6) is 0 Å². The summed E-state index contributed by atoms with van der Waals surface area (Å²) in [6, 6.07) is 8.66. The average Bonchev–Trinajstić information content (AvgIpc) is 3.08. The minimum Gasteiger partial charge on any atom is -0.336 e. The Labute approximate surface area is 149 Å². The number of hydrogen-bond donors (Lipinski definition) is 1. The summed E-state index contributed by atoms with van der Waals surface area (Å²) in [5.41, 5.74) is 2.80. The number of carbonyl (C=O) groups excluding carboxylic acids is 1. The molecule has 1 aromatic heterocycles. The number of rotatable bonds is 3. The molecule has 2 aliphatic rings. The first kappa shape index (κ1) is 16.3. The zero-order valence-corrected chi connectivity index (χ0v) is 14.8. The topological polar surface area (TPSA) is 50.2 Å². The molecule has 2 aromatic rings. The number of hydrogen-bond acceptors (Lipinski definition) is 3. The highest BCUT2D eigenvalue weighted by Gasteiger charge is 2.32. The highest BCUT2D eigenvalue weighted by atomic mass is 16.2. The smallest absolute Gasteiger partial charge is 0.223 e. The molecule has 1 aliphatic heterocycles. The van der Waals surface area contributed by atoms with Crippen molar-refractivity contribution < 1.29 is 4.79 Å². The van der Waals surface area contributed by atoms with Crippen molar-refractivity contribution in [1.29, 1.82) is 0 Å². The molecule has 0 radical (unpaired) electrons. The molecule has 1 aliphatic carbocycles. The van der Waals surface area contributed by atoms with Crippen LogP contribution < -0.4 is 5.32 Å². The van der Waals surface area contributed by atoms with Crippen molar-refractivity contribution in [3.8, 4) is 0 Å². The van der Waals surface area contributed by atoms with E-state index in [1.165, 1.54) is 17.5 Å². The first-order valence-electron chi connectivity index (χ1n) is 9.29. The Hall–Kier alpha value is -2.14. The van der Waals surface area contributed by atoms with Crippen LogP contribution in [0.4, 0.5) is 0 Å². The van der Waals surface area contributed by atoms with Crippen LogP contribution in [-0.2, 0) is 18.3 Å². The van der Waals surface area contributed by atoms with Gasteiger partial charge < -0.3 is 14.8 Å². The molecule has 25 heavy (non-hydrogen) atoms. The van der Waals surface area contributed by atoms with Crippen molar-refractivity contribution in [1.82, 2.24) is 19.8 Å². The number of piperazine rings is 1. The highest BCUT2D eigenvalue weighted by Crippen LogP contribution is 2.35. The second-order valence-electron chi connectivity index (χ2n) is 7.20. The molecule has 0 saturated carbocycles. The number of benzene rings is 1. The average molecular weight is 338 g/mol. The normalized spacial score (nSPS) is 23.3. The van der Waals surface area contributed by atoms with Crippen molar-refractivity contribution in [2.45, 2.75) is 37.6 Å². The maximum atomic E-state index is 13.2. The summed E-state index contributed by atoms with van der Waals surface area (Å²) in [4.78, 5) is 19.7. The van der Waals surface area contributed by atoms with Gasteiger partial charge in [0.15, 0.2) is 0 Å². The summed E-state index contributed by atoms with van der Waals surface area (Å²) in [5, 5.41) is 3.41. The van der Waals surface area contributed by atoms with Gasteiger partial charge in [0, 0.05) is 45.5 Å². The number of aryl methyl sites for hydroxylation is 2. The molecule has 0 bridgehead atoms. The lowest BCUT2D eigenvalue weighted by atomic mass is 9.81. The third-order valence-corrected chi connectivity index (χ3v) is 5.63. The maximum absolute atomic E-state index is 13.2. The van der Waals surface area contributed by atoms with Gasteiger partial charge in [-0.3, -0.25) is 4.79 Å². The van der Waals surface area contributed by atoms with E-state index in [2.05, 4.69) is 34.6 Å². The Morgan fingerprint density at radius 3 is 3.08 bits per heavy atom. The third kappa shape index (κ3) is 3.21. The molecule has 0 spiro atoms. The lowest BCUT2D eigenvalue weighted by Crippen LogP contribution is -2.49. The molecule has 1 fully saturated rings. The van der Waals surface area contributed by atoms with Gasteiger partial charge in [-0.15, -0.1) is 0 Å². The molecule has 4 rings (SSSR count). The molecule has 1 N–H and O–H groups in total. The lowest BCUT2D eigenvalue weighted by molar-refractivity contribution is -0.135. The number of nitrogens with zero attached hydrogens (tertiary/aromatic N) is 3. The molecule has 1 amide bonds. The molecular weight excluding hydrogens is 312 g/mol. The van der Waals surface area contributed by atoms with Gasteiger partial charge >= 0.3 is 0 Å². The van der Waals surface area contributed by atoms with E-state index in [9.17, 15) is 4.79 Å². The highest BCUT2D eigenvalue weighted by molar-refractivity contribution is 5.78. The molecule has 2 heterocycles. The molecule has 5 nitrogen and oxygen atoms in total. The summed E-state index contributed by atoms with van der Waals surface area (Å²) in [5.74, 6) is 1.58. The Kier molecular flexibility index (Phi) is 4.57. The van der Waals surface area contributed by atoms with Crippen LogP contribution in [-0.4, -0.2) is 40.0 Å². The predicted octanol–water partition coefficient (Wildman–Crippen LogP) is 2.40. The number of aromatic nitrogens is 2. The summed E-state index contributed by atoms with van der Waals surface area (Å²) in [6.45, 7) is 2.39. The standard InChI is InChI=1S/C20H26N4O/c1-23-11-10-22-20(23)18-14-21-9-12-24(18)19(25)13-16-7-4-6-15-5-2-3-8-17(15)16/h2-3,5,8,10-11,16,18,21H,4,6-7,9,12-14H2,1H3. The van der Waals surface area contributed by atoms with E-state index in [4.69, 9.17) is 0 Å². The Morgan fingerprint density at radius 2 is 2.24 bits per heavy atom. The molecule has 132 valence electrons. The zero-order chi connectivity index (χ0) is 17.2. The molecular formula is C20H26N4O. The van der Waals surface area contributed by atoms with Gasteiger partial charge in [0.25, 0.3) is 0 Å². The van der Waals surface area contributed by atoms with Gasteiger partial charge in [0.1, 0.15) is 11.9 Å². The first-order chi connectivity index (χ1) is 12.2. The van der Waals surface area contributed by atoms with Gasteiger partial charge in [0.05, 0.1) is 0 Å². The summed E-state index contributed by atoms with van der Waals surface area (Å²) < 4.78 is 2.02. The SMILES string of the molecule is Cn1ccnc1C1CNCCN1C(=O)CC1CCCc2ccccc21. The van der Waals surface area contributed by atoms with Crippen LogP contribution in [0.1, 0.15) is 48.2 Å². The number of imidazole rings is 1. The lowest BCUT2D eigenvalue weighted by Gasteiger charge is -2.37. The quantitative estimate of drug-likeness (QED) is 0.935. The Bertz CT molecular complexity index is 754. The van der Waals surface area contributed by atoms with Gasteiger partial charge in [0.2, 0.25) is 5.91 Å². The minimum absolute atomic E-state index is 0.0279. The van der Waals surface area contributed by atoms with Crippen molar-refractivity contribution in [2.24, 2.45) is 7.05 Å². The largest absolute Gasteiger partial charge is 0.336 e. The van der Waals surface area contributed by atoms with E-state index in [-0.39, 0.29) is 11.9 Å². The zero-order valence-electron chi connectivity index (χ0n) is 14.8. The predicted molar refractivity (Wildman–Crippen MR) is 97.3 cm³/mol. The van der Waals surface area contributed by atoms with Gasteiger partial charge in [-0.2, -0.15) is 0 Å². The van der Waals surface area contributed by atoms with E-state index < -0.39 is 0 Å². The van der Waals surface area contributed by atoms with E-state index in [0.717, 1.165) is 38.3 Å². The Balaban J connectivity index is 1.53. The molecule has 2 unspecified atom stereocenters. The van der Waals surface area contributed by atoms with E-state index in [1.54, 1.807) is 0 Å². The summed E-state index contributed by atoms with van der Waals surface area (Å²) in [7, 11) is 2.00. The fraction of sp³-hybridized carbons (Fsp3) is 0.500. The van der Waals surface area contributed by atoms with Crippen LogP contribution in [0.2, 0.25) is 0 Å². The van der Waals surface area contributed by atoms with Crippen LogP contribution >= 0.6 is 0 Å². The van der Waals surface area contributed by atoms with Crippen molar-refractivity contribution in [3.63, 3.8) is 0 Å². The molecule has 2 atom stereocenters. The van der Waals surface area contributed by atoms with Gasteiger partial charge in [-0.1, -0.05) is 24.3 Å². The Morgan fingerprint density at radius 1 is 1.36 bits per heavy atom. The van der Waals surface area contributed by atoms with E-state index in [0.29, 0.717) is 12.3 Å². The molecule has 1 aromatic carbocycles.